The molecule has 2 amide bonds. The van der Waals surface area contributed by atoms with Gasteiger partial charge in [0.2, 0.25) is 5.91 Å². The molecular formula is C41H42F3N3O4. The van der Waals surface area contributed by atoms with Gasteiger partial charge in [0, 0.05) is 31.3 Å². The lowest BCUT2D eigenvalue weighted by atomic mass is 9.82. The summed E-state index contributed by atoms with van der Waals surface area (Å²) in [6.07, 6.45) is 2.94. The maximum atomic E-state index is 13.5. The first-order valence-electron chi connectivity index (χ1n) is 17.1. The number of carbonyl (C=O) groups excluding carboxylic acids is 3. The van der Waals surface area contributed by atoms with E-state index in [1.807, 2.05) is 72.8 Å². The molecule has 266 valence electrons. The molecule has 0 unspecified atom stereocenters. The predicted octanol–water partition coefficient (Wildman–Crippen LogP) is 7.60. The Morgan fingerprint density at radius 1 is 0.804 bits per heavy atom. The van der Waals surface area contributed by atoms with Gasteiger partial charge >= 0.3 is 12.1 Å². The van der Waals surface area contributed by atoms with Crippen LogP contribution in [-0.2, 0) is 22.6 Å². The molecule has 0 aromatic heterocycles. The summed E-state index contributed by atoms with van der Waals surface area (Å²) in [4.78, 5) is 39.5. The van der Waals surface area contributed by atoms with Crippen LogP contribution in [0.1, 0.15) is 52.7 Å². The predicted molar refractivity (Wildman–Crippen MR) is 191 cm³/mol. The Morgan fingerprint density at radius 3 is 2.16 bits per heavy atom. The molecule has 7 nitrogen and oxygen atoms in total. The molecule has 0 spiro atoms. The smallest absolute Gasteiger partial charge is 0.420 e. The number of rotatable bonds is 13. The summed E-state index contributed by atoms with van der Waals surface area (Å²) in [6.45, 7) is 1.97. The van der Waals surface area contributed by atoms with Gasteiger partial charge < -0.3 is 20.7 Å². The highest BCUT2D eigenvalue weighted by Crippen LogP contribution is 2.28. The van der Waals surface area contributed by atoms with Crippen molar-refractivity contribution in [2.45, 2.75) is 44.8 Å². The van der Waals surface area contributed by atoms with Crippen molar-refractivity contribution < 1.29 is 32.3 Å². The summed E-state index contributed by atoms with van der Waals surface area (Å²) in [5.41, 5.74) is 10.7. The molecule has 0 aliphatic heterocycles. The normalized spacial score (nSPS) is 16.1. The standard InChI is InChI=1S/C41H42F3N3O4/c42-41(43,44)40(50)51-37-19-16-30(17-20-37)22-23-47(38(48)21-18-29-6-2-1-3-7-29)28-33-8-4-9-34(24-33)35-10-5-11-36(25-35)39(49)46-27-32-14-12-31(26-45)13-15-32/h1-11,16-21,24-25,31-32H,12-15,22-23,26-28,45H2,(H,46,49)/b21-18+. The molecule has 51 heavy (non-hydrogen) atoms. The van der Waals surface area contributed by atoms with Crippen molar-refractivity contribution in [2.24, 2.45) is 17.6 Å². The van der Waals surface area contributed by atoms with Crippen LogP contribution in [0.3, 0.4) is 0 Å². The molecule has 0 saturated heterocycles. The lowest BCUT2D eigenvalue weighted by Gasteiger charge is -2.27. The molecule has 3 N–H and O–H groups in total. The van der Waals surface area contributed by atoms with E-state index < -0.39 is 12.1 Å². The van der Waals surface area contributed by atoms with Crippen LogP contribution in [0.5, 0.6) is 5.75 Å². The fourth-order valence-electron chi connectivity index (χ4n) is 6.18. The van der Waals surface area contributed by atoms with Gasteiger partial charge in [0.05, 0.1) is 0 Å². The first-order valence-corrected chi connectivity index (χ1v) is 17.1. The largest absolute Gasteiger partial charge is 0.491 e. The number of alkyl halides is 3. The third-order valence-electron chi connectivity index (χ3n) is 9.17. The number of ether oxygens (including phenoxy) is 1. The van der Waals surface area contributed by atoms with Crippen LogP contribution in [0.2, 0.25) is 0 Å². The van der Waals surface area contributed by atoms with Crippen molar-refractivity contribution >= 4 is 23.9 Å². The van der Waals surface area contributed by atoms with Crippen LogP contribution in [-0.4, -0.2) is 48.5 Å². The van der Waals surface area contributed by atoms with E-state index in [0.717, 1.165) is 60.0 Å². The second-order valence-electron chi connectivity index (χ2n) is 12.9. The van der Waals surface area contributed by atoms with Crippen LogP contribution in [0.15, 0.2) is 109 Å². The van der Waals surface area contributed by atoms with Crippen molar-refractivity contribution in [1.82, 2.24) is 10.2 Å². The van der Waals surface area contributed by atoms with Crippen molar-refractivity contribution in [3.63, 3.8) is 0 Å². The fourth-order valence-corrected chi connectivity index (χ4v) is 6.18. The average Bonchev–Trinajstić information content (AvgIpc) is 3.15. The van der Waals surface area contributed by atoms with Gasteiger partial charge in [-0.3, -0.25) is 9.59 Å². The van der Waals surface area contributed by atoms with E-state index in [1.165, 1.54) is 18.2 Å². The highest BCUT2D eigenvalue weighted by atomic mass is 19.4. The summed E-state index contributed by atoms with van der Waals surface area (Å²) < 4.78 is 42.2. The van der Waals surface area contributed by atoms with Crippen LogP contribution in [0, 0.1) is 11.8 Å². The Labute approximate surface area is 296 Å². The van der Waals surface area contributed by atoms with Crippen LogP contribution >= 0.6 is 0 Å². The van der Waals surface area contributed by atoms with Gasteiger partial charge in [-0.15, -0.1) is 0 Å². The van der Waals surface area contributed by atoms with Gasteiger partial charge in [0.15, 0.2) is 0 Å². The summed E-state index contributed by atoms with van der Waals surface area (Å²) >= 11 is 0. The third kappa shape index (κ3) is 11.1. The summed E-state index contributed by atoms with van der Waals surface area (Å²) in [5.74, 6) is -1.77. The zero-order chi connectivity index (χ0) is 36.2. The summed E-state index contributed by atoms with van der Waals surface area (Å²) in [7, 11) is 0. The maximum absolute atomic E-state index is 13.5. The number of halogens is 3. The number of hydrogen-bond donors (Lipinski definition) is 2. The molecule has 1 aliphatic carbocycles. The fraction of sp³-hybridized carbons (Fsp3) is 0.293. The molecule has 10 heteroatoms. The molecule has 1 fully saturated rings. The zero-order valence-electron chi connectivity index (χ0n) is 28.3. The highest BCUT2D eigenvalue weighted by Gasteiger charge is 2.41. The zero-order valence-corrected chi connectivity index (χ0v) is 28.3. The maximum Gasteiger partial charge on any atom is 0.491 e. The summed E-state index contributed by atoms with van der Waals surface area (Å²) in [5, 5.41) is 3.11. The van der Waals surface area contributed by atoms with E-state index in [0.29, 0.717) is 43.5 Å². The number of nitrogens with two attached hydrogens (primary N) is 1. The molecule has 1 aliphatic rings. The number of hydrogen-bond acceptors (Lipinski definition) is 5. The van der Waals surface area contributed by atoms with Crippen molar-refractivity contribution in [3.8, 4) is 16.9 Å². The van der Waals surface area contributed by atoms with E-state index in [-0.39, 0.29) is 17.6 Å². The number of carbonyl (C=O) groups is 3. The molecule has 0 bridgehead atoms. The van der Waals surface area contributed by atoms with Crippen molar-refractivity contribution in [1.29, 1.82) is 0 Å². The molecule has 0 radical (unpaired) electrons. The molecule has 4 aromatic rings. The number of benzene rings is 4. The van der Waals surface area contributed by atoms with E-state index in [9.17, 15) is 27.6 Å². The molecule has 1 saturated carbocycles. The Morgan fingerprint density at radius 2 is 1.47 bits per heavy atom. The quantitative estimate of drug-likeness (QED) is 0.0852. The Balaban J connectivity index is 1.26. The minimum Gasteiger partial charge on any atom is -0.420 e. The number of amides is 2. The monoisotopic (exact) mass is 697 g/mol. The first kappa shape index (κ1) is 37.0. The van der Waals surface area contributed by atoms with Gasteiger partial charge in [-0.05, 0) is 115 Å². The van der Waals surface area contributed by atoms with Gasteiger partial charge in [0.1, 0.15) is 5.75 Å². The van der Waals surface area contributed by atoms with Crippen molar-refractivity contribution in [3.05, 3.63) is 131 Å². The molecule has 4 aromatic carbocycles. The van der Waals surface area contributed by atoms with Crippen LogP contribution < -0.4 is 15.8 Å². The lowest BCUT2D eigenvalue weighted by molar-refractivity contribution is -0.189. The van der Waals surface area contributed by atoms with E-state index in [2.05, 4.69) is 10.1 Å². The minimum atomic E-state index is -5.09. The van der Waals surface area contributed by atoms with Crippen LogP contribution in [0.25, 0.3) is 17.2 Å². The first-order chi connectivity index (χ1) is 24.6. The topological polar surface area (TPSA) is 102 Å². The number of nitrogens with one attached hydrogen (secondary N) is 1. The van der Waals surface area contributed by atoms with E-state index >= 15 is 0 Å². The minimum absolute atomic E-state index is 0.109. The summed E-state index contributed by atoms with van der Waals surface area (Å²) in [6, 6.07) is 30.5. The molecular weight excluding hydrogens is 655 g/mol. The van der Waals surface area contributed by atoms with E-state index in [1.54, 1.807) is 29.2 Å². The lowest BCUT2D eigenvalue weighted by Crippen LogP contribution is -2.32. The second-order valence-corrected chi connectivity index (χ2v) is 12.9. The Kier molecular flexibility index (Phi) is 12.8. The Bertz CT molecular complexity index is 1800. The van der Waals surface area contributed by atoms with Crippen LogP contribution in [0.4, 0.5) is 13.2 Å². The second kappa shape index (κ2) is 17.6. The van der Waals surface area contributed by atoms with Crippen molar-refractivity contribution in [2.75, 3.05) is 19.6 Å². The SMILES string of the molecule is NCC1CCC(CNC(=O)c2cccc(-c3cccc(CN(CCc4ccc(OC(=O)C(F)(F)F)cc4)C(=O)/C=C/c4ccccc4)c3)c2)CC1. The number of nitrogens with zero attached hydrogens (tertiary/aromatic N) is 1. The van der Waals surface area contributed by atoms with Gasteiger partial charge in [0.25, 0.3) is 5.91 Å². The third-order valence-corrected chi connectivity index (χ3v) is 9.17. The van der Waals surface area contributed by atoms with Gasteiger partial charge in [-0.1, -0.05) is 72.8 Å². The average molecular weight is 698 g/mol. The van der Waals surface area contributed by atoms with E-state index in [4.69, 9.17) is 5.73 Å². The molecule has 5 rings (SSSR count). The highest BCUT2D eigenvalue weighted by molar-refractivity contribution is 5.95. The Hall–Kier alpha value is -5.22. The molecule has 0 heterocycles. The molecule has 0 atom stereocenters. The van der Waals surface area contributed by atoms with Gasteiger partial charge in [-0.25, -0.2) is 4.79 Å². The van der Waals surface area contributed by atoms with Gasteiger partial charge in [-0.2, -0.15) is 13.2 Å². The number of esters is 1.